The van der Waals surface area contributed by atoms with E-state index in [4.69, 9.17) is 0 Å². The lowest BCUT2D eigenvalue weighted by atomic mass is 9.94. The van der Waals surface area contributed by atoms with Crippen molar-refractivity contribution < 1.29 is 22.9 Å². The van der Waals surface area contributed by atoms with E-state index in [1.165, 1.54) is 25.7 Å². The van der Waals surface area contributed by atoms with Crippen LogP contribution in [0.2, 0.25) is 0 Å². The minimum atomic E-state index is -4.67. The van der Waals surface area contributed by atoms with Crippen molar-refractivity contribution in [1.29, 1.82) is 0 Å². The van der Waals surface area contributed by atoms with Crippen molar-refractivity contribution in [2.75, 3.05) is 19.6 Å². The van der Waals surface area contributed by atoms with Gasteiger partial charge in [-0.25, -0.2) is 0 Å². The minimum Gasteiger partial charge on any atom is -0.338 e. The van der Waals surface area contributed by atoms with Gasteiger partial charge in [0, 0.05) is 36.7 Å². The number of nitro benzene ring substituents is 1. The van der Waals surface area contributed by atoms with Crippen LogP contribution in [-0.2, 0) is 23.9 Å². The fourth-order valence-corrected chi connectivity index (χ4v) is 5.42. The molecule has 31 heavy (non-hydrogen) atoms. The molecule has 1 aromatic carbocycles. The highest BCUT2D eigenvalue weighted by Gasteiger charge is 2.39. The Morgan fingerprint density at radius 2 is 1.77 bits per heavy atom. The zero-order valence-electron chi connectivity index (χ0n) is 17.5. The Bertz CT molecular complexity index is 850. The standard InChI is InChI=1S/C22H28F3N3O3/c23-22(24,25)17-11-16-14-27(10-7-19(16)20(13-17)28(30)31)21(29)15-5-6-18(12-15)26-8-3-1-2-4-9-26/h11,13,15,18H,1-10,12,14H2. The number of fused-ring (bicyclic) bond motifs is 1. The molecule has 2 heterocycles. The molecule has 0 spiro atoms. The maximum atomic E-state index is 13.2. The van der Waals surface area contributed by atoms with E-state index < -0.39 is 22.4 Å². The Hall–Kier alpha value is -2.16. The van der Waals surface area contributed by atoms with Gasteiger partial charge in [0.15, 0.2) is 0 Å². The molecule has 4 rings (SSSR count). The number of benzene rings is 1. The van der Waals surface area contributed by atoms with E-state index >= 15 is 0 Å². The number of carbonyl (C=O) groups is 1. The maximum Gasteiger partial charge on any atom is 0.416 e. The highest BCUT2D eigenvalue weighted by Crippen LogP contribution is 2.38. The number of carbonyl (C=O) groups excluding carboxylic acids is 1. The summed E-state index contributed by atoms with van der Waals surface area (Å²) in [7, 11) is 0. The number of hydrogen-bond donors (Lipinski definition) is 0. The van der Waals surface area contributed by atoms with Gasteiger partial charge in [-0.2, -0.15) is 13.2 Å². The summed E-state index contributed by atoms with van der Waals surface area (Å²) in [6.45, 7) is 2.46. The third-order valence-electron chi connectivity index (χ3n) is 7.06. The second kappa shape index (κ2) is 8.76. The minimum absolute atomic E-state index is 0.00378. The average molecular weight is 439 g/mol. The molecule has 1 amide bonds. The molecular weight excluding hydrogens is 411 g/mol. The molecule has 9 heteroatoms. The molecule has 2 fully saturated rings. The van der Waals surface area contributed by atoms with Crippen LogP contribution in [0.15, 0.2) is 12.1 Å². The van der Waals surface area contributed by atoms with Crippen LogP contribution < -0.4 is 0 Å². The van der Waals surface area contributed by atoms with Gasteiger partial charge in [-0.3, -0.25) is 14.9 Å². The molecular formula is C22H28F3N3O3. The number of nitrogens with zero attached hydrogens (tertiary/aromatic N) is 3. The summed E-state index contributed by atoms with van der Waals surface area (Å²) in [6, 6.07) is 1.98. The van der Waals surface area contributed by atoms with Crippen LogP contribution in [0.1, 0.15) is 61.6 Å². The first-order chi connectivity index (χ1) is 14.7. The average Bonchev–Trinajstić information content (AvgIpc) is 3.06. The molecule has 0 bridgehead atoms. The summed E-state index contributed by atoms with van der Waals surface area (Å²) in [4.78, 5) is 27.8. The summed E-state index contributed by atoms with van der Waals surface area (Å²) in [6.07, 6.45) is 3.00. The zero-order valence-corrected chi connectivity index (χ0v) is 17.5. The molecule has 2 unspecified atom stereocenters. The van der Waals surface area contributed by atoms with Crippen molar-refractivity contribution in [1.82, 2.24) is 9.80 Å². The zero-order chi connectivity index (χ0) is 22.2. The number of rotatable bonds is 3. The second-order valence-electron chi connectivity index (χ2n) is 9.01. The molecule has 0 radical (unpaired) electrons. The van der Waals surface area contributed by atoms with Crippen LogP contribution in [-0.4, -0.2) is 46.3 Å². The number of halogens is 3. The Morgan fingerprint density at radius 1 is 1.06 bits per heavy atom. The van der Waals surface area contributed by atoms with E-state index in [2.05, 4.69) is 4.90 Å². The lowest BCUT2D eigenvalue weighted by Crippen LogP contribution is -2.40. The third kappa shape index (κ3) is 4.71. The molecule has 6 nitrogen and oxygen atoms in total. The van der Waals surface area contributed by atoms with Crippen molar-refractivity contribution in [3.8, 4) is 0 Å². The summed E-state index contributed by atoms with van der Waals surface area (Å²) in [5, 5.41) is 11.3. The van der Waals surface area contributed by atoms with E-state index in [0.29, 0.717) is 24.2 Å². The van der Waals surface area contributed by atoms with E-state index in [1.807, 2.05) is 0 Å². The van der Waals surface area contributed by atoms with Gasteiger partial charge in [0.05, 0.1) is 10.5 Å². The number of nitro groups is 1. The molecule has 0 N–H and O–H groups in total. The Labute approximate surface area is 179 Å². The third-order valence-corrected chi connectivity index (χ3v) is 7.06. The summed E-state index contributed by atoms with van der Waals surface area (Å²) >= 11 is 0. The first kappa shape index (κ1) is 22.0. The largest absolute Gasteiger partial charge is 0.416 e. The number of amides is 1. The Kier molecular flexibility index (Phi) is 6.23. The number of hydrogen-bond acceptors (Lipinski definition) is 4. The molecule has 1 saturated heterocycles. The first-order valence-electron chi connectivity index (χ1n) is 11.1. The van der Waals surface area contributed by atoms with Crippen molar-refractivity contribution in [2.45, 2.75) is 70.1 Å². The van der Waals surface area contributed by atoms with E-state index in [-0.39, 0.29) is 30.4 Å². The van der Waals surface area contributed by atoms with Gasteiger partial charge in [0.25, 0.3) is 5.69 Å². The summed E-state index contributed by atoms with van der Waals surface area (Å²) in [5.74, 6) is -0.140. The Morgan fingerprint density at radius 3 is 2.42 bits per heavy atom. The van der Waals surface area contributed by atoms with Crippen LogP contribution in [0.5, 0.6) is 0 Å². The topological polar surface area (TPSA) is 66.7 Å². The lowest BCUT2D eigenvalue weighted by Gasteiger charge is -2.32. The van der Waals surface area contributed by atoms with Crippen molar-refractivity contribution in [3.63, 3.8) is 0 Å². The fraction of sp³-hybridized carbons (Fsp3) is 0.682. The van der Waals surface area contributed by atoms with E-state index in [9.17, 15) is 28.1 Å². The number of alkyl halides is 3. The van der Waals surface area contributed by atoms with Gasteiger partial charge in [-0.15, -0.1) is 0 Å². The first-order valence-corrected chi connectivity index (χ1v) is 11.1. The van der Waals surface area contributed by atoms with Gasteiger partial charge in [-0.05, 0) is 63.2 Å². The molecule has 1 saturated carbocycles. The monoisotopic (exact) mass is 439 g/mol. The van der Waals surface area contributed by atoms with Gasteiger partial charge >= 0.3 is 6.18 Å². The SMILES string of the molecule is O=C(C1CCC(N2CCCCCC2)C1)N1CCc2c(cc(C(F)(F)F)cc2[N+](=O)[O-])C1. The predicted molar refractivity (Wildman–Crippen MR) is 108 cm³/mol. The van der Waals surface area contributed by atoms with E-state index in [1.54, 1.807) is 4.90 Å². The molecule has 2 atom stereocenters. The summed E-state index contributed by atoms with van der Waals surface area (Å²) in [5.41, 5.74) is -0.979. The highest BCUT2D eigenvalue weighted by molar-refractivity contribution is 5.79. The predicted octanol–water partition coefficient (Wildman–Crippen LogP) is 4.54. The maximum absolute atomic E-state index is 13.2. The summed E-state index contributed by atoms with van der Waals surface area (Å²) < 4.78 is 39.7. The fourth-order valence-electron chi connectivity index (χ4n) is 5.42. The van der Waals surface area contributed by atoms with Gasteiger partial charge < -0.3 is 9.80 Å². The highest BCUT2D eigenvalue weighted by atomic mass is 19.4. The van der Waals surface area contributed by atoms with Crippen LogP contribution >= 0.6 is 0 Å². The quantitative estimate of drug-likeness (QED) is 0.512. The molecule has 170 valence electrons. The van der Waals surface area contributed by atoms with Crippen LogP contribution in [0.3, 0.4) is 0 Å². The molecule has 2 aliphatic heterocycles. The molecule has 0 aromatic heterocycles. The normalized spacial score (nSPS) is 25.2. The lowest BCUT2D eigenvalue weighted by molar-refractivity contribution is -0.385. The second-order valence-corrected chi connectivity index (χ2v) is 9.01. The number of likely N-dealkylation sites (tertiary alicyclic amines) is 1. The molecule has 1 aliphatic carbocycles. The van der Waals surface area contributed by atoms with Gasteiger partial charge in [-0.1, -0.05) is 12.8 Å². The van der Waals surface area contributed by atoms with Crippen molar-refractivity contribution >= 4 is 11.6 Å². The van der Waals surface area contributed by atoms with Crippen molar-refractivity contribution in [3.05, 3.63) is 38.9 Å². The van der Waals surface area contributed by atoms with Crippen molar-refractivity contribution in [2.24, 2.45) is 5.92 Å². The smallest absolute Gasteiger partial charge is 0.338 e. The van der Waals surface area contributed by atoms with Gasteiger partial charge in [0.2, 0.25) is 5.91 Å². The van der Waals surface area contributed by atoms with Crippen LogP contribution in [0.4, 0.5) is 18.9 Å². The Balaban J connectivity index is 1.47. The van der Waals surface area contributed by atoms with Crippen LogP contribution in [0, 0.1) is 16.0 Å². The van der Waals surface area contributed by atoms with Gasteiger partial charge in [0.1, 0.15) is 0 Å². The van der Waals surface area contributed by atoms with E-state index in [0.717, 1.165) is 38.4 Å². The molecule has 3 aliphatic rings. The molecule has 1 aromatic rings. The van der Waals surface area contributed by atoms with Crippen LogP contribution in [0.25, 0.3) is 0 Å².